The van der Waals surface area contributed by atoms with Crippen LogP contribution in [0.1, 0.15) is 53.9 Å². The van der Waals surface area contributed by atoms with Crippen LogP contribution in [0.3, 0.4) is 0 Å². The molecule has 0 aromatic carbocycles. The summed E-state index contributed by atoms with van der Waals surface area (Å²) in [6.45, 7) is 13.9. The van der Waals surface area contributed by atoms with Gasteiger partial charge < -0.3 is 0 Å². The Balaban J connectivity index is 3.95. The van der Waals surface area contributed by atoms with E-state index in [-0.39, 0.29) is 0 Å². The first-order chi connectivity index (χ1) is 6.65. The van der Waals surface area contributed by atoms with E-state index >= 15 is 0 Å². The average Bonchev–Trinajstić information content (AvgIpc) is 2.17. The highest BCUT2D eigenvalue weighted by Gasteiger charge is 2.16. The SMILES string of the molecule is CC=[N+](CCC)CC(C)C(C)CCC. The summed E-state index contributed by atoms with van der Waals surface area (Å²) in [4.78, 5) is 0. The fourth-order valence-corrected chi connectivity index (χ4v) is 1.90. The Morgan fingerprint density at radius 2 is 1.71 bits per heavy atom. The predicted octanol–water partition coefficient (Wildman–Crippen LogP) is 3.57. The smallest absolute Gasteiger partial charge is 0.145 e. The van der Waals surface area contributed by atoms with Gasteiger partial charge in [-0.3, -0.25) is 0 Å². The van der Waals surface area contributed by atoms with Gasteiger partial charge in [-0.1, -0.05) is 40.5 Å². The topological polar surface area (TPSA) is 3.01 Å². The fourth-order valence-electron chi connectivity index (χ4n) is 1.90. The molecular weight excluding hydrogens is 170 g/mol. The Labute approximate surface area is 90.2 Å². The highest BCUT2D eigenvalue weighted by Crippen LogP contribution is 2.16. The molecular formula is C13H28N+. The minimum atomic E-state index is 0.817. The first-order valence-electron chi connectivity index (χ1n) is 6.19. The van der Waals surface area contributed by atoms with E-state index in [1.54, 1.807) is 0 Å². The molecule has 14 heavy (non-hydrogen) atoms. The van der Waals surface area contributed by atoms with Gasteiger partial charge in [-0.15, -0.1) is 0 Å². The summed E-state index contributed by atoms with van der Waals surface area (Å²) >= 11 is 0. The van der Waals surface area contributed by atoms with E-state index in [0.717, 1.165) is 11.8 Å². The van der Waals surface area contributed by atoms with Gasteiger partial charge in [-0.25, -0.2) is 4.58 Å². The third kappa shape index (κ3) is 5.41. The standard InChI is InChI=1S/C13H28N/c1-6-9-12(4)13(5)11-14(8-3)10-7-2/h8,12-13H,6-7,9-11H2,1-5H3/q+1. The number of hydrogen-bond acceptors (Lipinski definition) is 0. The molecule has 0 N–H and O–H groups in total. The molecule has 0 fully saturated rings. The number of nitrogens with zero attached hydrogens (tertiary/aromatic N) is 1. The summed E-state index contributed by atoms with van der Waals surface area (Å²) in [5, 5.41) is 0. The summed E-state index contributed by atoms with van der Waals surface area (Å²) in [5.41, 5.74) is 0. The van der Waals surface area contributed by atoms with Gasteiger partial charge in [0.15, 0.2) is 0 Å². The molecule has 0 saturated carbocycles. The molecule has 0 saturated heterocycles. The lowest BCUT2D eigenvalue weighted by Crippen LogP contribution is -2.24. The van der Waals surface area contributed by atoms with E-state index < -0.39 is 0 Å². The van der Waals surface area contributed by atoms with Crippen LogP contribution in [0.2, 0.25) is 0 Å². The van der Waals surface area contributed by atoms with Crippen molar-refractivity contribution < 1.29 is 4.58 Å². The van der Waals surface area contributed by atoms with Crippen molar-refractivity contribution in [2.75, 3.05) is 13.1 Å². The van der Waals surface area contributed by atoms with E-state index in [0.29, 0.717) is 0 Å². The van der Waals surface area contributed by atoms with Crippen molar-refractivity contribution in [3.63, 3.8) is 0 Å². The molecule has 0 rings (SSSR count). The van der Waals surface area contributed by atoms with Crippen LogP contribution in [0.4, 0.5) is 0 Å². The maximum atomic E-state index is 2.46. The number of rotatable bonds is 7. The van der Waals surface area contributed by atoms with Crippen LogP contribution in [0.15, 0.2) is 0 Å². The number of hydrogen-bond donors (Lipinski definition) is 0. The zero-order valence-corrected chi connectivity index (χ0v) is 10.7. The quantitative estimate of drug-likeness (QED) is 0.434. The Hall–Kier alpha value is -0.330. The van der Waals surface area contributed by atoms with Crippen molar-refractivity contribution in [2.45, 2.75) is 53.9 Å². The summed E-state index contributed by atoms with van der Waals surface area (Å²) < 4.78 is 2.46. The van der Waals surface area contributed by atoms with E-state index in [1.165, 1.54) is 32.4 Å². The van der Waals surface area contributed by atoms with E-state index in [4.69, 9.17) is 0 Å². The van der Waals surface area contributed by atoms with Gasteiger partial charge in [0, 0.05) is 19.3 Å². The van der Waals surface area contributed by atoms with Crippen molar-refractivity contribution in [1.29, 1.82) is 0 Å². The van der Waals surface area contributed by atoms with Gasteiger partial charge in [0.25, 0.3) is 0 Å². The van der Waals surface area contributed by atoms with Gasteiger partial charge >= 0.3 is 0 Å². The molecule has 0 aromatic heterocycles. The second-order valence-electron chi connectivity index (χ2n) is 4.50. The lowest BCUT2D eigenvalue weighted by atomic mass is 9.91. The lowest BCUT2D eigenvalue weighted by Gasteiger charge is -2.17. The third-order valence-electron chi connectivity index (χ3n) is 3.11. The van der Waals surface area contributed by atoms with Gasteiger partial charge in [0.05, 0.1) is 0 Å². The minimum Gasteiger partial charge on any atom is -0.240 e. The molecule has 0 radical (unpaired) electrons. The highest BCUT2D eigenvalue weighted by molar-refractivity contribution is 5.46. The van der Waals surface area contributed by atoms with Gasteiger partial charge in [0.2, 0.25) is 0 Å². The molecule has 84 valence electrons. The predicted molar refractivity (Wildman–Crippen MR) is 65.3 cm³/mol. The van der Waals surface area contributed by atoms with Crippen molar-refractivity contribution in [3.05, 3.63) is 0 Å². The van der Waals surface area contributed by atoms with Gasteiger partial charge in [-0.2, -0.15) is 0 Å². The molecule has 2 unspecified atom stereocenters. The van der Waals surface area contributed by atoms with E-state index in [2.05, 4.69) is 45.4 Å². The Kier molecular flexibility index (Phi) is 7.83. The molecule has 0 heterocycles. The van der Waals surface area contributed by atoms with Crippen LogP contribution in [-0.2, 0) is 0 Å². The van der Waals surface area contributed by atoms with E-state index in [1.807, 2.05) is 0 Å². The second kappa shape index (κ2) is 8.02. The Bertz CT molecular complexity index is 161. The largest absolute Gasteiger partial charge is 0.240 e. The maximum absolute atomic E-state index is 2.46. The highest BCUT2D eigenvalue weighted by atomic mass is 15.0. The lowest BCUT2D eigenvalue weighted by molar-refractivity contribution is -0.531. The first-order valence-corrected chi connectivity index (χ1v) is 6.19. The fraction of sp³-hybridized carbons (Fsp3) is 0.923. The normalized spacial score (nSPS) is 16.8. The van der Waals surface area contributed by atoms with Crippen LogP contribution in [0.5, 0.6) is 0 Å². The average molecular weight is 198 g/mol. The van der Waals surface area contributed by atoms with Crippen molar-refractivity contribution in [3.8, 4) is 0 Å². The zero-order chi connectivity index (χ0) is 11.0. The monoisotopic (exact) mass is 198 g/mol. The summed E-state index contributed by atoms with van der Waals surface area (Å²) in [6, 6.07) is 0. The van der Waals surface area contributed by atoms with E-state index in [9.17, 15) is 0 Å². The summed E-state index contributed by atoms with van der Waals surface area (Å²) in [5.74, 6) is 1.68. The summed E-state index contributed by atoms with van der Waals surface area (Å²) in [6.07, 6.45) is 6.16. The van der Waals surface area contributed by atoms with Crippen LogP contribution < -0.4 is 0 Å². The van der Waals surface area contributed by atoms with Crippen LogP contribution in [-0.4, -0.2) is 23.9 Å². The second-order valence-corrected chi connectivity index (χ2v) is 4.50. The molecule has 0 aliphatic carbocycles. The molecule has 1 nitrogen and oxygen atoms in total. The zero-order valence-electron chi connectivity index (χ0n) is 10.7. The van der Waals surface area contributed by atoms with Crippen molar-refractivity contribution in [1.82, 2.24) is 0 Å². The molecule has 0 spiro atoms. The third-order valence-corrected chi connectivity index (χ3v) is 3.11. The Morgan fingerprint density at radius 1 is 1.07 bits per heavy atom. The van der Waals surface area contributed by atoms with Crippen molar-refractivity contribution in [2.24, 2.45) is 11.8 Å². The molecule has 2 atom stereocenters. The first kappa shape index (κ1) is 13.7. The summed E-state index contributed by atoms with van der Waals surface area (Å²) in [7, 11) is 0. The molecule has 1 heteroatoms. The molecule has 0 amide bonds. The minimum absolute atomic E-state index is 0.817. The van der Waals surface area contributed by atoms with Gasteiger partial charge in [-0.05, 0) is 5.92 Å². The molecule has 0 bridgehead atoms. The van der Waals surface area contributed by atoms with Crippen LogP contribution in [0.25, 0.3) is 0 Å². The molecule has 0 aliphatic rings. The van der Waals surface area contributed by atoms with Crippen LogP contribution >= 0.6 is 0 Å². The Morgan fingerprint density at radius 3 is 2.14 bits per heavy atom. The van der Waals surface area contributed by atoms with Crippen LogP contribution in [0, 0.1) is 11.8 Å². The molecule has 0 aliphatic heterocycles. The van der Waals surface area contributed by atoms with Crippen molar-refractivity contribution >= 4 is 6.21 Å². The maximum Gasteiger partial charge on any atom is 0.145 e. The molecule has 0 aromatic rings. The van der Waals surface area contributed by atoms with Gasteiger partial charge in [0.1, 0.15) is 19.3 Å².